The molecule has 1 heteroatoms. The van der Waals surface area contributed by atoms with Gasteiger partial charge < -0.3 is 0 Å². The van der Waals surface area contributed by atoms with Crippen molar-refractivity contribution in [2.45, 2.75) is 38.5 Å². The Hall–Kier alpha value is -1.37. The molecule has 1 nitrogen and oxygen atoms in total. The molecule has 0 N–H and O–H groups in total. The van der Waals surface area contributed by atoms with Gasteiger partial charge in [-0.3, -0.25) is 4.79 Å². The van der Waals surface area contributed by atoms with Crippen LogP contribution in [0, 0.1) is 5.41 Å². The van der Waals surface area contributed by atoms with Crippen LogP contribution in [0.15, 0.2) is 36.4 Å². The third-order valence-electron chi connectivity index (χ3n) is 4.88. The van der Waals surface area contributed by atoms with E-state index in [9.17, 15) is 4.79 Å². The van der Waals surface area contributed by atoms with Crippen molar-refractivity contribution in [2.24, 2.45) is 5.41 Å². The van der Waals surface area contributed by atoms with Crippen molar-refractivity contribution < 1.29 is 4.79 Å². The van der Waals surface area contributed by atoms with E-state index in [0.717, 1.165) is 18.4 Å². The highest BCUT2D eigenvalue weighted by Gasteiger charge is 2.60. The molecule has 2 bridgehead atoms. The molecule has 0 aromatic heterocycles. The molecule has 1 aromatic carbocycles. The van der Waals surface area contributed by atoms with Crippen LogP contribution < -0.4 is 0 Å². The molecule has 2 aliphatic carbocycles. The molecular weight excluding hydrogens is 208 g/mol. The van der Waals surface area contributed by atoms with Crippen molar-refractivity contribution in [1.82, 2.24) is 0 Å². The Morgan fingerprint density at radius 1 is 1.18 bits per heavy atom. The molecular formula is C16H18O. The largest absolute Gasteiger partial charge is 0.299 e. The van der Waals surface area contributed by atoms with Crippen molar-refractivity contribution in [2.75, 3.05) is 0 Å². The lowest BCUT2D eigenvalue weighted by Gasteiger charge is -2.32. The minimum Gasteiger partial charge on any atom is -0.299 e. The van der Waals surface area contributed by atoms with E-state index in [-0.39, 0.29) is 5.41 Å². The summed E-state index contributed by atoms with van der Waals surface area (Å²) in [6, 6.07) is 8.56. The molecule has 88 valence electrons. The highest BCUT2D eigenvalue weighted by molar-refractivity contribution is 5.90. The minimum atomic E-state index is -0.302. The SMILES string of the molecule is C=C(C)C1(C(C)=O)[C@@H]2CC[C@H]1c1ccccc12. The number of fused-ring (bicyclic) bond motifs is 5. The second-order valence-corrected chi connectivity index (χ2v) is 5.52. The fourth-order valence-corrected chi connectivity index (χ4v) is 4.36. The fraction of sp³-hybridized carbons (Fsp3) is 0.438. The van der Waals surface area contributed by atoms with Gasteiger partial charge in [-0.1, -0.05) is 36.4 Å². The van der Waals surface area contributed by atoms with Crippen molar-refractivity contribution >= 4 is 5.78 Å². The number of rotatable bonds is 2. The van der Waals surface area contributed by atoms with E-state index < -0.39 is 0 Å². The van der Waals surface area contributed by atoms with Gasteiger partial charge in [-0.2, -0.15) is 0 Å². The van der Waals surface area contributed by atoms with Gasteiger partial charge in [-0.05, 0) is 37.8 Å². The molecule has 0 radical (unpaired) electrons. The van der Waals surface area contributed by atoms with Gasteiger partial charge in [-0.25, -0.2) is 0 Å². The van der Waals surface area contributed by atoms with Crippen LogP contribution in [0.2, 0.25) is 0 Å². The Balaban J connectivity index is 2.25. The molecule has 1 aromatic rings. The summed E-state index contributed by atoms with van der Waals surface area (Å²) in [5.74, 6) is 1.05. The Morgan fingerprint density at radius 3 is 2.00 bits per heavy atom. The Morgan fingerprint density at radius 2 is 1.65 bits per heavy atom. The number of carbonyl (C=O) groups excluding carboxylic acids is 1. The van der Waals surface area contributed by atoms with E-state index >= 15 is 0 Å². The molecule has 17 heavy (non-hydrogen) atoms. The van der Waals surface area contributed by atoms with Crippen molar-refractivity contribution in [3.8, 4) is 0 Å². The number of allylic oxidation sites excluding steroid dienone is 1. The molecule has 3 rings (SSSR count). The van der Waals surface area contributed by atoms with E-state index in [2.05, 4.69) is 30.8 Å². The number of carbonyl (C=O) groups is 1. The lowest BCUT2D eigenvalue weighted by Crippen LogP contribution is -2.33. The first-order chi connectivity index (χ1) is 8.10. The zero-order valence-corrected chi connectivity index (χ0v) is 10.5. The van der Waals surface area contributed by atoms with Crippen LogP contribution in [0.1, 0.15) is 49.7 Å². The highest BCUT2D eigenvalue weighted by atomic mass is 16.1. The van der Waals surface area contributed by atoms with Crippen LogP contribution in [0.3, 0.4) is 0 Å². The number of ketones is 1. The van der Waals surface area contributed by atoms with Gasteiger partial charge in [0.05, 0.1) is 5.41 Å². The molecule has 0 saturated heterocycles. The van der Waals surface area contributed by atoms with Gasteiger partial charge in [0, 0.05) is 11.8 Å². The third kappa shape index (κ3) is 1.07. The number of hydrogen-bond donors (Lipinski definition) is 0. The van der Waals surface area contributed by atoms with Gasteiger partial charge >= 0.3 is 0 Å². The van der Waals surface area contributed by atoms with Crippen LogP contribution >= 0.6 is 0 Å². The van der Waals surface area contributed by atoms with Gasteiger partial charge in [0.15, 0.2) is 0 Å². The maximum Gasteiger partial charge on any atom is 0.141 e. The number of hydrogen-bond acceptors (Lipinski definition) is 1. The molecule has 0 spiro atoms. The maximum absolute atomic E-state index is 12.3. The maximum atomic E-state index is 12.3. The Labute approximate surface area is 103 Å². The van der Waals surface area contributed by atoms with Gasteiger partial charge in [0.1, 0.15) is 5.78 Å². The summed E-state index contributed by atoms with van der Waals surface area (Å²) >= 11 is 0. The highest BCUT2D eigenvalue weighted by Crippen LogP contribution is 2.67. The number of Topliss-reactive ketones (excluding diaryl/α,β-unsaturated/α-hetero) is 1. The molecule has 2 aliphatic rings. The van der Waals surface area contributed by atoms with E-state index in [1.165, 1.54) is 11.1 Å². The van der Waals surface area contributed by atoms with Crippen LogP contribution in [-0.4, -0.2) is 5.78 Å². The average molecular weight is 226 g/mol. The summed E-state index contributed by atoms with van der Waals surface area (Å²) in [6.07, 6.45) is 2.27. The van der Waals surface area contributed by atoms with Gasteiger partial charge in [0.2, 0.25) is 0 Å². The zero-order valence-electron chi connectivity index (χ0n) is 10.5. The summed E-state index contributed by atoms with van der Waals surface area (Å²) in [4.78, 5) is 12.3. The zero-order chi connectivity index (χ0) is 12.2. The minimum absolute atomic E-state index is 0.300. The molecule has 1 fully saturated rings. The first kappa shape index (κ1) is 10.8. The van der Waals surface area contributed by atoms with E-state index in [4.69, 9.17) is 0 Å². The summed E-state index contributed by atoms with van der Waals surface area (Å²) in [6.45, 7) is 7.90. The lowest BCUT2D eigenvalue weighted by molar-refractivity contribution is -0.125. The van der Waals surface area contributed by atoms with E-state index in [0.29, 0.717) is 17.6 Å². The molecule has 1 saturated carbocycles. The first-order valence-electron chi connectivity index (χ1n) is 6.36. The second-order valence-electron chi connectivity index (χ2n) is 5.52. The predicted octanol–water partition coefficient (Wildman–Crippen LogP) is 3.81. The lowest BCUT2D eigenvalue weighted by atomic mass is 9.68. The Bertz CT molecular complexity index is 465. The third-order valence-corrected chi connectivity index (χ3v) is 4.88. The second kappa shape index (κ2) is 3.32. The standard InChI is InChI=1S/C16H18O/c1-10(2)16(11(3)17)14-8-9-15(16)13-7-5-4-6-12(13)14/h4-7,14-15H,1,8-9H2,2-3H3/t14-,15+,16?. The van der Waals surface area contributed by atoms with E-state index in [1.54, 1.807) is 6.92 Å². The van der Waals surface area contributed by atoms with Crippen LogP contribution in [0.25, 0.3) is 0 Å². The molecule has 3 atom stereocenters. The first-order valence-corrected chi connectivity index (χ1v) is 6.36. The van der Waals surface area contributed by atoms with Gasteiger partial charge in [-0.15, -0.1) is 0 Å². The fourth-order valence-electron chi connectivity index (χ4n) is 4.36. The average Bonchev–Trinajstić information content (AvgIpc) is 2.81. The quantitative estimate of drug-likeness (QED) is 0.701. The monoisotopic (exact) mass is 226 g/mol. The number of benzene rings is 1. The summed E-state index contributed by atoms with van der Waals surface area (Å²) in [7, 11) is 0. The smallest absolute Gasteiger partial charge is 0.141 e. The van der Waals surface area contributed by atoms with Crippen molar-refractivity contribution in [1.29, 1.82) is 0 Å². The molecule has 0 amide bonds. The summed E-state index contributed by atoms with van der Waals surface area (Å²) in [5.41, 5.74) is 3.53. The van der Waals surface area contributed by atoms with Crippen LogP contribution in [0.5, 0.6) is 0 Å². The van der Waals surface area contributed by atoms with Crippen molar-refractivity contribution in [3.63, 3.8) is 0 Å². The van der Waals surface area contributed by atoms with Crippen molar-refractivity contribution in [3.05, 3.63) is 47.5 Å². The Kier molecular flexibility index (Phi) is 2.10. The molecule has 0 aliphatic heterocycles. The topological polar surface area (TPSA) is 17.1 Å². The molecule has 0 heterocycles. The van der Waals surface area contributed by atoms with E-state index in [1.807, 2.05) is 6.92 Å². The normalized spacial score (nSPS) is 33.5. The van der Waals surface area contributed by atoms with Crippen LogP contribution in [0.4, 0.5) is 0 Å². The summed E-state index contributed by atoms with van der Waals surface area (Å²) < 4.78 is 0. The molecule has 1 unspecified atom stereocenters. The summed E-state index contributed by atoms with van der Waals surface area (Å²) in [5, 5.41) is 0. The van der Waals surface area contributed by atoms with Crippen LogP contribution in [-0.2, 0) is 4.79 Å². The predicted molar refractivity (Wildman–Crippen MR) is 69.1 cm³/mol. The van der Waals surface area contributed by atoms with Gasteiger partial charge in [0.25, 0.3) is 0 Å².